The second-order valence-electron chi connectivity index (χ2n) is 5.46. The fourth-order valence-corrected chi connectivity index (χ4v) is 1.95. The first-order valence-electron chi connectivity index (χ1n) is 7.25. The largest absolute Gasteiger partial charge is 0.496 e. The van der Waals surface area contributed by atoms with Crippen LogP contribution in [0.2, 0.25) is 0 Å². The van der Waals surface area contributed by atoms with Gasteiger partial charge in [-0.2, -0.15) is 0 Å². The van der Waals surface area contributed by atoms with Gasteiger partial charge in [-0.05, 0) is 25.0 Å². The van der Waals surface area contributed by atoms with Crippen LogP contribution >= 0.6 is 0 Å². The van der Waals surface area contributed by atoms with Gasteiger partial charge in [-0.1, -0.05) is 26.0 Å². The molecule has 126 valence electrons. The van der Waals surface area contributed by atoms with E-state index in [2.05, 4.69) is 10.6 Å². The zero-order valence-corrected chi connectivity index (χ0v) is 13.6. The van der Waals surface area contributed by atoms with E-state index < -0.39 is 29.9 Å². The fourth-order valence-electron chi connectivity index (χ4n) is 1.95. The highest BCUT2D eigenvalue weighted by Crippen LogP contribution is 2.17. The Morgan fingerprint density at radius 2 is 1.70 bits per heavy atom. The molecule has 0 saturated heterocycles. The number of hydrogen-bond acceptors (Lipinski definition) is 4. The van der Waals surface area contributed by atoms with Crippen LogP contribution in [0.15, 0.2) is 24.3 Å². The first-order chi connectivity index (χ1) is 10.8. The van der Waals surface area contributed by atoms with Gasteiger partial charge >= 0.3 is 5.97 Å². The minimum Gasteiger partial charge on any atom is -0.496 e. The number of aliphatic carboxylic acids is 1. The van der Waals surface area contributed by atoms with Crippen LogP contribution in [-0.2, 0) is 9.59 Å². The Hall–Kier alpha value is -2.57. The van der Waals surface area contributed by atoms with E-state index in [1.54, 1.807) is 38.1 Å². The monoisotopic (exact) mass is 322 g/mol. The van der Waals surface area contributed by atoms with E-state index in [4.69, 9.17) is 9.84 Å². The third kappa shape index (κ3) is 4.98. The lowest BCUT2D eigenvalue weighted by atomic mass is 10.0. The van der Waals surface area contributed by atoms with E-state index in [1.165, 1.54) is 14.0 Å². The SMILES string of the molecule is COc1ccccc1C(=O)NC(C(=O)N[C@@H](C)C(=O)O)C(C)C. The lowest BCUT2D eigenvalue weighted by Crippen LogP contribution is -2.53. The Labute approximate surface area is 135 Å². The molecule has 0 aromatic heterocycles. The van der Waals surface area contributed by atoms with Crippen molar-refractivity contribution in [3.63, 3.8) is 0 Å². The lowest BCUT2D eigenvalue weighted by molar-refractivity contribution is -0.141. The third-order valence-electron chi connectivity index (χ3n) is 3.32. The summed E-state index contributed by atoms with van der Waals surface area (Å²) in [5.41, 5.74) is 0.305. The van der Waals surface area contributed by atoms with Gasteiger partial charge in [0.05, 0.1) is 12.7 Å². The molecule has 0 bridgehead atoms. The van der Waals surface area contributed by atoms with E-state index >= 15 is 0 Å². The molecule has 0 spiro atoms. The van der Waals surface area contributed by atoms with Crippen LogP contribution in [0.3, 0.4) is 0 Å². The van der Waals surface area contributed by atoms with Crippen molar-refractivity contribution in [3.8, 4) is 5.75 Å². The number of carbonyl (C=O) groups excluding carboxylic acids is 2. The Morgan fingerprint density at radius 3 is 2.22 bits per heavy atom. The number of carbonyl (C=O) groups is 3. The zero-order chi connectivity index (χ0) is 17.6. The predicted molar refractivity (Wildman–Crippen MR) is 84.3 cm³/mol. The predicted octanol–water partition coefficient (Wildman–Crippen LogP) is 1.04. The maximum absolute atomic E-state index is 12.4. The van der Waals surface area contributed by atoms with Gasteiger partial charge in [-0.3, -0.25) is 14.4 Å². The molecule has 0 heterocycles. The van der Waals surface area contributed by atoms with Crippen LogP contribution in [0.4, 0.5) is 0 Å². The number of para-hydroxylation sites is 1. The normalized spacial score (nSPS) is 13.1. The lowest BCUT2D eigenvalue weighted by Gasteiger charge is -2.23. The summed E-state index contributed by atoms with van der Waals surface area (Å²) in [6.07, 6.45) is 0. The Balaban J connectivity index is 2.89. The van der Waals surface area contributed by atoms with E-state index in [0.29, 0.717) is 11.3 Å². The number of nitrogens with one attached hydrogen (secondary N) is 2. The Morgan fingerprint density at radius 1 is 1.09 bits per heavy atom. The maximum Gasteiger partial charge on any atom is 0.325 e. The molecule has 0 aliphatic rings. The van der Waals surface area contributed by atoms with E-state index in [0.717, 1.165) is 0 Å². The molecular weight excluding hydrogens is 300 g/mol. The van der Waals surface area contributed by atoms with Crippen molar-refractivity contribution < 1.29 is 24.2 Å². The molecule has 0 aliphatic carbocycles. The molecular formula is C16H22N2O5. The minimum absolute atomic E-state index is 0.213. The van der Waals surface area contributed by atoms with Gasteiger partial charge in [0.1, 0.15) is 17.8 Å². The quantitative estimate of drug-likeness (QED) is 0.695. The summed E-state index contributed by atoms with van der Waals surface area (Å²) in [5, 5.41) is 13.9. The molecule has 0 fully saturated rings. The molecule has 2 amide bonds. The van der Waals surface area contributed by atoms with Gasteiger partial charge in [0.25, 0.3) is 5.91 Å². The summed E-state index contributed by atoms with van der Waals surface area (Å²) >= 11 is 0. The average Bonchev–Trinajstić information content (AvgIpc) is 2.51. The maximum atomic E-state index is 12.4. The molecule has 7 heteroatoms. The highest BCUT2D eigenvalue weighted by atomic mass is 16.5. The van der Waals surface area contributed by atoms with Crippen molar-refractivity contribution in [1.29, 1.82) is 0 Å². The first kappa shape index (κ1) is 18.5. The van der Waals surface area contributed by atoms with Crippen LogP contribution in [-0.4, -0.2) is 42.1 Å². The van der Waals surface area contributed by atoms with E-state index in [1.807, 2.05) is 0 Å². The first-order valence-corrected chi connectivity index (χ1v) is 7.25. The summed E-state index contributed by atoms with van der Waals surface area (Å²) < 4.78 is 5.13. The number of methoxy groups -OCH3 is 1. The number of rotatable bonds is 7. The molecule has 3 N–H and O–H groups in total. The molecule has 1 aromatic rings. The Kier molecular flexibility index (Phi) is 6.56. The molecule has 1 unspecified atom stereocenters. The van der Waals surface area contributed by atoms with Gasteiger partial charge in [-0.25, -0.2) is 0 Å². The van der Waals surface area contributed by atoms with Crippen LogP contribution in [0, 0.1) is 5.92 Å². The van der Waals surface area contributed by atoms with Crippen LogP contribution < -0.4 is 15.4 Å². The standard InChI is InChI=1S/C16H22N2O5/c1-9(2)13(15(20)17-10(3)16(21)22)18-14(19)11-7-5-6-8-12(11)23-4/h5-10,13H,1-4H3,(H,17,20)(H,18,19)(H,21,22)/t10-,13?/m0/s1. The number of ether oxygens (including phenoxy) is 1. The van der Waals surface area contributed by atoms with Crippen molar-refractivity contribution >= 4 is 17.8 Å². The van der Waals surface area contributed by atoms with E-state index in [9.17, 15) is 14.4 Å². The third-order valence-corrected chi connectivity index (χ3v) is 3.32. The number of benzene rings is 1. The van der Waals surface area contributed by atoms with Crippen molar-refractivity contribution in [3.05, 3.63) is 29.8 Å². The van der Waals surface area contributed by atoms with Gasteiger partial charge in [0.2, 0.25) is 5.91 Å². The highest BCUT2D eigenvalue weighted by Gasteiger charge is 2.27. The summed E-state index contributed by atoms with van der Waals surface area (Å²) in [4.78, 5) is 35.4. The van der Waals surface area contributed by atoms with Crippen LogP contribution in [0.5, 0.6) is 5.75 Å². The summed E-state index contributed by atoms with van der Waals surface area (Å²) in [6, 6.07) is 4.77. The van der Waals surface area contributed by atoms with Crippen molar-refractivity contribution in [1.82, 2.24) is 10.6 Å². The van der Waals surface area contributed by atoms with Crippen molar-refractivity contribution in [2.45, 2.75) is 32.9 Å². The van der Waals surface area contributed by atoms with Crippen molar-refractivity contribution in [2.75, 3.05) is 7.11 Å². The average molecular weight is 322 g/mol. The second-order valence-corrected chi connectivity index (χ2v) is 5.46. The van der Waals surface area contributed by atoms with Gasteiger partial charge in [-0.15, -0.1) is 0 Å². The number of carboxylic acids is 1. The fraction of sp³-hybridized carbons (Fsp3) is 0.438. The van der Waals surface area contributed by atoms with E-state index in [-0.39, 0.29) is 5.92 Å². The van der Waals surface area contributed by atoms with Gasteiger partial charge in [0, 0.05) is 0 Å². The Bertz CT molecular complexity index is 586. The minimum atomic E-state index is -1.14. The summed E-state index contributed by atoms with van der Waals surface area (Å²) in [7, 11) is 1.45. The molecule has 0 aliphatic heterocycles. The van der Waals surface area contributed by atoms with Gasteiger partial charge in [0.15, 0.2) is 0 Å². The number of carboxylic acid groups (broad SMARTS) is 1. The van der Waals surface area contributed by atoms with Crippen LogP contribution in [0.1, 0.15) is 31.1 Å². The summed E-state index contributed by atoms with van der Waals surface area (Å²) in [6.45, 7) is 4.88. The zero-order valence-electron chi connectivity index (χ0n) is 13.6. The molecule has 1 aromatic carbocycles. The highest BCUT2D eigenvalue weighted by molar-refractivity contribution is 6.00. The molecule has 1 rings (SSSR count). The molecule has 0 saturated carbocycles. The molecule has 2 atom stereocenters. The van der Waals surface area contributed by atoms with Crippen LogP contribution in [0.25, 0.3) is 0 Å². The van der Waals surface area contributed by atoms with Gasteiger partial charge < -0.3 is 20.5 Å². The molecule has 7 nitrogen and oxygen atoms in total. The summed E-state index contributed by atoms with van der Waals surface area (Å²) in [5.74, 6) is -1.96. The van der Waals surface area contributed by atoms with Crippen molar-refractivity contribution in [2.24, 2.45) is 5.92 Å². The number of hydrogen-bond donors (Lipinski definition) is 3. The second kappa shape index (κ2) is 8.17. The molecule has 23 heavy (non-hydrogen) atoms. The number of amides is 2. The topological polar surface area (TPSA) is 105 Å². The smallest absolute Gasteiger partial charge is 0.325 e. The molecule has 0 radical (unpaired) electrons.